The van der Waals surface area contributed by atoms with Gasteiger partial charge < -0.3 is 5.32 Å². The van der Waals surface area contributed by atoms with Gasteiger partial charge in [0.05, 0.1) is 0 Å². The van der Waals surface area contributed by atoms with E-state index in [1.165, 1.54) is 0 Å². The molecule has 1 rings (SSSR count). The molecule has 0 aliphatic rings. The summed E-state index contributed by atoms with van der Waals surface area (Å²) in [6.07, 6.45) is 0. The molecular formula is C6H10N4S. The highest BCUT2D eigenvalue weighted by Gasteiger charge is 1.97. The van der Waals surface area contributed by atoms with Crippen molar-refractivity contribution in [3.8, 4) is 0 Å². The van der Waals surface area contributed by atoms with Crippen molar-refractivity contribution < 1.29 is 0 Å². The molecule has 0 amide bonds. The van der Waals surface area contributed by atoms with Gasteiger partial charge in [-0.3, -0.25) is 0 Å². The van der Waals surface area contributed by atoms with Crippen LogP contribution in [0.1, 0.15) is 12.7 Å². The molecule has 0 bridgehead atoms. The highest BCUT2D eigenvalue weighted by molar-refractivity contribution is 7.80. The average molecular weight is 170 g/mol. The molecule has 0 aliphatic heterocycles. The molecule has 0 spiro atoms. The lowest BCUT2D eigenvalue weighted by Crippen LogP contribution is -2.04. The van der Waals surface area contributed by atoms with E-state index in [1.54, 1.807) is 0 Å². The first-order chi connectivity index (χ1) is 5.22. The summed E-state index contributed by atoms with van der Waals surface area (Å²) in [5.41, 5.74) is 0. The molecule has 60 valence electrons. The van der Waals surface area contributed by atoms with Crippen LogP contribution in [0, 0.1) is 6.92 Å². The molecule has 0 aliphatic carbocycles. The van der Waals surface area contributed by atoms with Gasteiger partial charge in [-0.2, -0.15) is 9.97 Å². The van der Waals surface area contributed by atoms with Crippen LogP contribution in [-0.2, 0) is 0 Å². The molecule has 0 radical (unpaired) electrons. The summed E-state index contributed by atoms with van der Waals surface area (Å²) in [6, 6.07) is 0. The van der Waals surface area contributed by atoms with E-state index in [2.05, 4.69) is 32.9 Å². The van der Waals surface area contributed by atoms with E-state index in [4.69, 9.17) is 0 Å². The largest absolute Gasteiger partial charge is 0.354 e. The van der Waals surface area contributed by atoms with Gasteiger partial charge in [-0.25, -0.2) is 4.98 Å². The van der Waals surface area contributed by atoms with Crippen LogP contribution in [0.15, 0.2) is 5.16 Å². The van der Waals surface area contributed by atoms with Gasteiger partial charge in [-0.15, -0.1) is 12.6 Å². The fraction of sp³-hybridized carbons (Fsp3) is 0.500. The number of hydrogen-bond acceptors (Lipinski definition) is 5. The first-order valence-corrected chi connectivity index (χ1v) is 3.82. The van der Waals surface area contributed by atoms with E-state index >= 15 is 0 Å². The summed E-state index contributed by atoms with van der Waals surface area (Å²) in [6.45, 7) is 4.59. The Labute approximate surface area is 70.9 Å². The Morgan fingerprint density at radius 2 is 2.09 bits per heavy atom. The Bertz CT molecular complexity index is 230. The molecule has 0 unspecified atom stereocenters. The van der Waals surface area contributed by atoms with E-state index < -0.39 is 0 Å². The molecular weight excluding hydrogens is 160 g/mol. The number of aryl methyl sites for hydroxylation is 1. The Morgan fingerprint density at radius 1 is 1.36 bits per heavy atom. The number of nitrogens with one attached hydrogen (secondary N) is 1. The number of hydrogen-bond donors (Lipinski definition) is 2. The maximum atomic E-state index is 4.04. The maximum Gasteiger partial charge on any atom is 0.226 e. The molecule has 1 N–H and O–H groups in total. The standard InChI is InChI=1S/C6H10N4S/c1-3-7-5-8-4(2)9-6(11)10-5/h3H2,1-2H3,(H2,7,8,9,10,11). The monoisotopic (exact) mass is 170 g/mol. The highest BCUT2D eigenvalue weighted by Crippen LogP contribution is 2.02. The zero-order chi connectivity index (χ0) is 8.27. The summed E-state index contributed by atoms with van der Waals surface area (Å²) in [7, 11) is 0. The second-order valence-electron chi connectivity index (χ2n) is 2.04. The SMILES string of the molecule is CCNc1nc(C)nc(S)n1. The van der Waals surface area contributed by atoms with Crippen LogP contribution in [0.4, 0.5) is 5.95 Å². The van der Waals surface area contributed by atoms with Gasteiger partial charge in [-0.05, 0) is 13.8 Å². The van der Waals surface area contributed by atoms with Crippen LogP contribution in [0.2, 0.25) is 0 Å². The molecule has 1 aromatic rings. The number of rotatable bonds is 2. The third kappa shape index (κ3) is 2.34. The minimum absolute atomic E-state index is 0.452. The van der Waals surface area contributed by atoms with Crippen molar-refractivity contribution in [3.63, 3.8) is 0 Å². The predicted octanol–water partition coefficient (Wildman–Crippen LogP) is 0.901. The smallest absolute Gasteiger partial charge is 0.226 e. The summed E-state index contributed by atoms with van der Waals surface area (Å²) < 4.78 is 0. The van der Waals surface area contributed by atoms with Gasteiger partial charge in [-0.1, -0.05) is 0 Å². The zero-order valence-corrected chi connectivity index (χ0v) is 7.39. The fourth-order valence-corrected chi connectivity index (χ4v) is 0.944. The van der Waals surface area contributed by atoms with Crippen molar-refractivity contribution in [1.29, 1.82) is 0 Å². The normalized spacial score (nSPS) is 9.73. The zero-order valence-electron chi connectivity index (χ0n) is 6.50. The highest BCUT2D eigenvalue weighted by atomic mass is 32.1. The topological polar surface area (TPSA) is 50.7 Å². The Hall–Kier alpha value is -0.840. The number of thiol groups is 1. The second kappa shape index (κ2) is 3.52. The van der Waals surface area contributed by atoms with Gasteiger partial charge in [0.2, 0.25) is 5.95 Å². The quantitative estimate of drug-likeness (QED) is 0.647. The van der Waals surface area contributed by atoms with Crippen LogP contribution in [0.5, 0.6) is 0 Å². The van der Waals surface area contributed by atoms with E-state index in [0.29, 0.717) is 16.9 Å². The van der Waals surface area contributed by atoms with Gasteiger partial charge in [0.15, 0.2) is 5.16 Å². The van der Waals surface area contributed by atoms with Crippen molar-refractivity contribution in [2.75, 3.05) is 11.9 Å². The Kier molecular flexibility index (Phi) is 2.64. The van der Waals surface area contributed by atoms with Crippen LogP contribution in [0.3, 0.4) is 0 Å². The minimum Gasteiger partial charge on any atom is -0.354 e. The summed E-state index contributed by atoms with van der Waals surface area (Å²) >= 11 is 4.01. The molecule has 11 heavy (non-hydrogen) atoms. The van der Waals surface area contributed by atoms with E-state index in [1.807, 2.05) is 13.8 Å². The molecule has 0 fully saturated rings. The Morgan fingerprint density at radius 3 is 2.64 bits per heavy atom. The van der Waals surface area contributed by atoms with Gasteiger partial charge >= 0.3 is 0 Å². The lowest BCUT2D eigenvalue weighted by atomic mass is 10.7. The molecule has 0 atom stereocenters. The Balaban J connectivity index is 2.89. The molecule has 0 saturated heterocycles. The van der Waals surface area contributed by atoms with Crippen LogP contribution >= 0.6 is 12.6 Å². The lowest BCUT2D eigenvalue weighted by molar-refractivity contribution is 0.861. The first-order valence-electron chi connectivity index (χ1n) is 3.38. The number of anilines is 1. The van der Waals surface area contributed by atoms with Gasteiger partial charge in [0.25, 0.3) is 0 Å². The minimum atomic E-state index is 0.452. The fourth-order valence-electron chi connectivity index (χ4n) is 0.705. The summed E-state index contributed by atoms with van der Waals surface area (Å²) in [5, 5.41) is 3.43. The summed E-state index contributed by atoms with van der Waals surface area (Å²) in [4.78, 5) is 11.9. The van der Waals surface area contributed by atoms with Crippen molar-refractivity contribution in [2.45, 2.75) is 19.0 Å². The van der Waals surface area contributed by atoms with Gasteiger partial charge in [0, 0.05) is 6.54 Å². The summed E-state index contributed by atoms with van der Waals surface area (Å²) in [5.74, 6) is 1.27. The third-order valence-corrected chi connectivity index (χ3v) is 1.27. The van der Waals surface area contributed by atoms with Crippen LogP contribution in [0.25, 0.3) is 0 Å². The van der Waals surface area contributed by atoms with Crippen molar-refractivity contribution in [3.05, 3.63) is 5.82 Å². The van der Waals surface area contributed by atoms with Crippen LogP contribution in [-0.4, -0.2) is 21.5 Å². The number of nitrogens with zero attached hydrogens (tertiary/aromatic N) is 3. The molecule has 0 aromatic carbocycles. The molecule has 4 nitrogen and oxygen atoms in total. The average Bonchev–Trinajstić information content (AvgIpc) is 1.85. The number of aromatic nitrogens is 3. The maximum absolute atomic E-state index is 4.04. The van der Waals surface area contributed by atoms with E-state index in [0.717, 1.165) is 6.54 Å². The van der Waals surface area contributed by atoms with E-state index in [9.17, 15) is 0 Å². The van der Waals surface area contributed by atoms with Crippen LogP contribution < -0.4 is 5.32 Å². The second-order valence-corrected chi connectivity index (χ2v) is 2.44. The molecule has 0 saturated carbocycles. The van der Waals surface area contributed by atoms with E-state index in [-0.39, 0.29) is 0 Å². The van der Waals surface area contributed by atoms with Gasteiger partial charge in [0.1, 0.15) is 5.82 Å². The molecule has 1 aromatic heterocycles. The van der Waals surface area contributed by atoms with Crippen molar-refractivity contribution in [2.24, 2.45) is 0 Å². The van der Waals surface area contributed by atoms with Crippen molar-refractivity contribution in [1.82, 2.24) is 15.0 Å². The third-order valence-electron chi connectivity index (χ3n) is 1.07. The first kappa shape index (κ1) is 8.26. The lowest BCUT2D eigenvalue weighted by Gasteiger charge is -2.01. The predicted molar refractivity (Wildman–Crippen MR) is 46.0 cm³/mol. The molecule has 1 heterocycles. The molecule has 5 heteroatoms. The van der Waals surface area contributed by atoms with Crippen molar-refractivity contribution >= 4 is 18.6 Å².